The van der Waals surface area contributed by atoms with Crippen LogP contribution < -0.4 is 10.2 Å². The standard InChI is InChI=1S/C18H24N2OS/c1-14(21)16-9-17(19-10-15-5-3-2-4-6-15)12-20(11-16)18-7-8-22-13-18/h2-8,13-14,16-17,19,21H,9-12H2,1H3. The predicted octanol–water partition coefficient (Wildman–Crippen LogP) is 3.11. The predicted molar refractivity (Wildman–Crippen MR) is 93.4 cm³/mol. The van der Waals surface area contributed by atoms with Gasteiger partial charge in [-0.05, 0) is 30.4 Å². The van der Waals surface area contributed by atoms with Gasteiger partial charge in [0.05, 0.1) is 6.10 Å². The first-order valence-electron chi connectivity index (χ1n) is 7.95. The highest BCUT2D eigenvalue weighted by atomic mass is 32.1. The smallest absolute Gasteiger partial charge is 0.0557 e. The number of hydrogen-bond acceptors (Lipinski definition) is 4. The van der Waals surface area contributed by atoms with Crippen LogP contribution in [0.4, 0.5) is 5.69 Å². The van der Waals surface area contributed by atoms with E-state index in [1.807, 2.05) is 13.0 Å². The molecule has 2 N–H and O–H groups in total. The minimum atomic E-state index is -0.262. The summed E-state index contributed by atoms with van der Waals surface area (Å²) in [5, 5.41) is 18.0. The van der Waals surface area contributed by atoms with Crippen LogP contribution in [0.1, 0.15) is 18.9 Å². The number of benzene rings is 1. The first-order chi connectivity index (χ1) is 10.7. The van der Waals surface area contributed by atoms with Crippen LogP contribution in [-0.4, -0.2) is 30.3 Å². The van der Waals surface area contributed by atoms with E-state index in [0.29, 0.717) is 12.0 Å². The number of nitrogens with zero attached hydrogens (tertiary/aromatic N) is 1. The van der Waals surface area contributed by atoms with Crippen molar-refractivity contribution in [2.45, 2.75) is 32.0 Å². The average Bonchev–Trinajstić information content (AvgIpc) is 3.08. The van der Waals surface area contributed by atoms with E-state index in [1.165, 1.54) is 11.3 Å². The van der Waals surface area contributed by atoms with Crippen LogP contribution in [0.2, 0.25) is 0 Å². The van der Waals surface area contributed by atoms with Gasteiger partial charge in [-0.3, -0.25) is 0 Å². The number of thiophene rings is 1. The van der Waals surface area contributed by atoms with E-state index >= 15 is 0 Å². The minimum absolute atomic E-state index is 0.262. The highest BCUT2D eigenvalue weighted by molar-refractivity contribution is 7.08. The Morgan fingerprint density at radius 2 is 2.09 bits per heavy atom. The highest BCUT2D eigenvalue weighted by Crippen LogP contribution is 2.27. The largest absolute Gasteiger partial charge is 0.393 e. The summed E-state index contributed by atoms with van der Waals surface area (Å²) in [4.78, 5) is 2.40. The molecule has 2 aromatic rings. The van der Waals surface area contributed by atoms with E-state index < -0.39 is 0 Å². The lowest BCUT2D eigenvalue weighted by molar-refractivity contribution is 0.106. The van der Waals surface area contributed by atoms with Crippen LogP contribution in [0.5, 0.6) is 0 Å². The Morgan fingerprint density at radius 3 is 2.77 bits per heavy atom. The Labute approximate surface area is 136 Å². The number of rotatable bonds is 5. The van der Waals surface area contributed by atoms with Gasteiger partial charge in [0.15, 0.2) is 0 Å². The molecule has 0 radical (unpaired) electrons. The lowest BCUT2D eigenvalue weighted by atomic mass is 9.90. The van der Waals surface area contributed by atoms with Gasteiger partial charge in [0.2, 0.25) is 0 Å². The van der Waals surface area contributed by atoms with Gasteiger partial charge in [-0.1, -0.05) is 30.3 Å². The molecule has 1 saturated heterocycles. The van der Waals surface area contributed by atoms with Crippen molar-refractivity contribution in [3.8, 4) is 0 Å². The van der Waals surface area contributed by atoms with Crippen molar-refractivity contribution >= 4 is 17.0 Å². The van der Waals surface area contributed by atoms with Gasteiger partial charge in [0.25, 0.3) is 0 Å². The summed E-state index contributed by atoms with van der Waals surface area (Å²) in [6, 6.07) is 13.1. The van der Waals surface area contributed by atoms with Crippen LogP contribution in [0, 0.1) is 5.92 Å². The minimum Gasteiger partial charge on any atom is -0.393 e. The van der Waals surface area contributed by atoms with Crippen LogP contribution in [-0.2, 0) is 6.54 Å². The summed E-state index contributed by atoms with van der Waals surface area (Å²) in [7, 11) is 0. The number of piperidine rings is 1. The molecule has 22 heavy (non-hydrogen) atoms. The topological polar surface area (TPSA) is 35.5 Å². The normalized spacial score (nSPS) is 23.5. The van der Waals surface area contributed by atoms with Crippen molar-refractivity contribution in [2.24, 2.45) is 5.92 Å². The van der Waals surface area contributed by atoms with Crippen LogP contribution >= 0.6 is 11.3 Å². The first-order valence-corrected chi connectivity index (χ1v) is 8.89. The molecule has 0 spiro atoms. The maximum absolute atomic E-state index is 10.0. The molecule has 1 aliphatic heterocycles. The summed E-state index contributed by atoms with van der Waals surface area (Å²) < 4.78 is 0. The van der Waals surface area contributed by atoms with Gasteiger partial charge in [0.1, 0.15) is 0 Å². The van der Waals surface area contributed by atoms with Crippen molar-refractivity contribution in [3.05, 3.63) is 52.7 Å². The molecule has 0 amide bonds. The quantitative estimate of drug-likeness (QED) is 0.890. The molecule has 1 aromatic carbocycles. The van der Waals surface area contributed by atoms with Crippen molar-refractivity contribution in [3.63, 3.8) is 0 Å². The molecule has 0 bridgehead atoms. The van der Waals surface area contributed by atoms with E-state index in [2.05, 4.69) is 51.3 Å². The Morgan fingerprint density at radius 1 is 1.27 bits per heavy atom. The second-order valence-electron chi connectivity index (χ2n) is 6.19. The number of hydrogen-bond donors (Lipinski definition) is 2. The molecule has 1 aromatic heterocycles. The molecule has 3 atom stereocenters. The zero-order chi connectivity index (χ0) is 15.4. The van der Waals surface area contributed by atoms with E-state index in [-0.39, 0.29) is 6.10 Å². The molecule has 3 nitrogen and oxygen atoms in total. The van der Waals surface area contributed by atoms with Crippen molar-refractivity contribution < 1.29 is 5.11 Å². The average molecular weight is 316 g/mol. The van der Waals surface area contributed by atoms with Crippen LogP contribution in [0.3, 0.4) is 0 Å². The third-order valence-corrected chi connectivity index (χ3v) is 5.14. The van der Waals surface area contributed by atoms with Gasteiger partial charge in [-0.2, -0.15) is 11.3 Å². The molecular weight excluding hydrogens is 292 g/mol. The van der Waals surface area contributed by atoms with Crippen LogP contribution in [0.25, 0.3) is 0 Å². The maximum atomic E-state index is 10.0. The van der Waals surface area contributed by atoms with E-state index in [1.54, 1.807) is 11.3 Å². The first kappa shape index (κ1) is 15.5. The zero-order valence-corrected chi connectivity index (χ0v) is 13.8. The highest BCUT2D eigenvalue weighted by Gasteiger charge is 2.29. The van der Waals surface area contributed by atoms with Gasteiger partial charge in [-0.25, -0.2) is 0 Å². The third kappa shape index (κ3) is 3.88. The Kier molecular flexibility index (Phi) is 5.13. The Bertz CT molecular complexity index is 556. The van der Waals surface area contributed by atoms with Crippen LogP contribution in [0.15, 0.2) is 47.2 Å². The molecule has 4 heteroatoms. The second kappa shape index (κ2) is 7.27. The summed E-state index contributed by atoms with van der Waals surface area (Å²) in [5.41, 5.74) is 2.59. The maximum Gasteiger partial charge on any atom is 0.0557 e. The van der Waals surface area contributed by atoms with Gasteiger partial charge >= 0.3 is 0 Å². The van der Waals surface area contributed by atoms with E-state index in [0.717, 1.165) is 26.1 Å². The summed E-state index contributed by atoms with van der Waals surface area (Å²) >= 11 is 1.73. The lowest BCUT2D eigenvalue weighted by Gasteiger charge is -2.40. The van der Waals surface area contributed by atoms with Gasteiger partial charge < -0.3 is 15.3 Å². The fourth-order valence-electron chi connectivity index (χ4n) is 3.14. The Hall–Kier alpha value is -1.36. The summed E-state index contributed by atoms with van der Waals surface area (Å²) in [5.74, 6) is 0.321. The summed E-state index contributed by atoms with van der Waals surface area (Å²) in [6.07, 6.45) is 0.771. The SMILES string of the molecule is CC(O)C1CC(NCc2ccccc2)CN(c2ccsc2)C1. The van der Waals surface area contributed by atoms with Gasteiger partial charge in [-0.15, -0.1) is 0 Å². The molecule has 118 valence electrons. The molecule has 0 aliphatic carbocycles. The van der Waals surface area contributed by atoms with Crippen molar-refractivity contribution in [2.75, 3.05) is 18.0 Å². The summed E-state index contributed by atoms with van der Waals surface area (Å²) in [6.45, 7) is 4.75. The monoisotopic (exact) mass is 316 g/mol. The number of nitrogens with one attached hydrogen (secondary N) is 1. The molecule has 1 aliphatic rings. The van der Waals surface area contributed by atoms with E-state index in [4.69, 9.17) is 0 Å². The van der Waals surface area contributed by atoms with Gasteiger partial charge in [0, 0.05) is 42.7 Å². The third-order valence-electron chi connectivity index (χ3n) is 4.47. The van der Waals surface area contributed by atoms with Crippen molar-refractivity contribution in [1.82, 2.24) is 5.32 Å². The second-order valence-corrected chi connectivity index (χ2v) is 6.97. The molecule has 2 heterocycles. The molecule has 0 saturated carbocycles. The lowest BCUT2D eigenvalue weighted by Crippen LogP contribution is -2.51. The van der Waals surface area contributed by atoms with Crippen molar-refractivity contribution in [1.29, 1.82) is 0 Å². The van der Waals surface area contributed by atoms with E-state index in [9.17, 15) is 5.11 Å². The molecular formula is C18H24N2OS. The molecule has 1 fully saturated rings. The number of anilines is 1. The molecule has 3 unspecified atom stereocenters. The fourth-order valence-corrected chi connectivity index (χ4v) is 3.81. The fraction of sp³-hybridized carbons (Fsp3) is 0.444. The zero-order valence-electron chi connectivity index (χ0n) is 13.0. The molecule has 3 rings (SSSR count). The number of aliphatic hydroxyl groups is 1. The number of aliphatic hydroxyl groups excluding tert-OH is 1. The Balaban J connectivity index is 1.64.